The Bertz CT molecular complexity index is 202. The zero-order valence-electron chi connectivity index (χ0n) is 8.62. The third kappa shape index (κ3) is 4.81. The van der Waals surface area contributed by atoms with E-state index in [1.807, 2.05) is 6.92 Å². The number of carboxylic acid groups (broad SMARTS) is 1. The van der Waals surface area contributed by atoms with Gasteiger partial charge in [0.25, 0.3) is 0 Å². The van der Waals surface area contributed by atoms with E-state index in [2.05, 4.69) is 5.32 Å². The number of nitrogens with two attached hydrogens (primary N) is 1. The highest BCUT2D eigenvalue weighted by Crippen LogP contribution is 2.05. The number of hydrogen-bond donors (Lipinski definition) is 3. The van der Waals surface area contributed by atoms with Crippen LogP contribution in [-0.2, 0) is 9.59 Å². The minimum Gasteiger partial charge on any atom is -0.480 e. The molecule has 0 aromatic carbocycles. The van der Waals surface area contributed by atoms with E-state index in [1.165, 1.54) is 6.92 Å². The first-order valence-electron chi connectivity index (χ1n) is 4.73. The fourth-order valence-electron chi connectivity index (χ4n) is 1.02. The summed E-state index contributed by atoms with van der Waals surface area (Å²) < 4.78 is 0. The van der Waals surface area contributed by atoms with Crippen LogP contribution in [0.3, 0.4) is 0 Å². The van der Waals surface area contributed by atoms with Gasteiger partial charge in [0.05, 0.1) is 0 Å². The molecule has 0 aliphatic carbocycles. The van der Waals surface area contributed by atoms with Gasteiger partial charge >= 0.3 is 5.97 Å². The molecule has 82 valence electrons. The van der Waals surface area contributed by atoms with E-state index >= 15 is 0 Å². The number of hydrogen-bond acceptors (Lipinski definition) is 3. The van der Waals surface area contributed by atoms with Crippen molar-refractivity contribution in [3.8, 4) is 0 Å². The van der Waals surface area contributed by atoms with E-state index < -0.39 is 12.0 Å². The Morgan fingerprint density at radius 3 is 2.43 bits per heavy atom. The molecule has 0 spiro atoms. The van der Waals surface area contributed by atoms with Crippen LogP contribution in [0.4, 0.5) is 0 Å². The fourth-order valence-corrected chi connectivity index (χ4v) is 1.02. The molecule has 0 rings (SSSR count). The SMILES string of the molecule is CCC(CN)CC(=O)N[C@H](C)C(=O)O. The maximum atomic E-state index is 11.3. The number of carbonyl (C=O) groups is 2. The first kappa shape index (κ1) is 12.9. The van der Waals surface area contributed by atoms with Gasteiger partial charge in [-0.1, -0.05) is 13.3 Å². The number of rotatable bonds is 6. The van der Waals surface area contributed by atoms with E-state index in [1.54, 1.807) is 0 Å². The molecule has 0 saturated heterocycles. The molecule has 2 atom stereocenters. The standard InChI is InChI=1S/C9H18N2O3/c1-3-7(5-10)4-8(12)11-6(2)9(13)14/h6-7H,3-5,10H2,1-2H3,(H,11,12)(H,13,14)/t6-,7?/m1/s1. The van der Waals surface area contributed by atoms with E-state index in [-0.39, 0.29) is 11.8 Å². The highest BCUT2D eigenvalue weighted by atomic mass is 16.4. The molecule has 0 aliphatic rings. The van der Waals surface area contributed by atoms with Gasteiger partial charge in [0.1, 0.15) is 6.04 Å². The molecule has 5 heteroatoms. The predicted octanol–water partition coefficient (Wildman–Crippen LogP) is -0.0493. The van der Waals surface area contributed by atoms with Crippen LogP contribution in [-0.4, -0.2) is 29.6 Å². The van der Waals surface area contributed by atoms with E-state index in [4.69, 9.17) is 10.8 Å². The van der Waals surface area contributed by atoms with Crippen molar-refractivity contribution in [2.75, 3.05) is 6.54 Å². The van der Waals surface area contributed by atoms with E-state index in [9.17, 15) is 9.59 Å². The Balaban J connectivity index is 3.91. The van der Waals surface area contributed by atoms with E-state index in [0.29, 0.717) is 13.0 Å². The van der Waals surface area contributed by atoms with Crippen molar-refractivity contribution in [2.24, 2.45) is 11.7 Å². The molecule has 0 bridgehead atoms. The number of nitrogens with one attached hydrogen (secondary N) is 1. The maximum Gasteiger partial charge on any atom is 0.325 e. The van der Waals surface area contributed by atoms with Crippen LogP contribution in [0.5, 0.6) is 0 Å². The summed E-state index contributed by atoms with van der Waals surface area (Å²) in [6.07, 6.45) is 1.12. The van der Waals surface area contributed by atoms with Crippen LogP contribution in [0, 0.1) is 5.92 Å². The highest BCUT2D eigenvalue weighted by molar-refractivity contribution is 5.83. The molecular weight excluding hydrogens is 184 g/mol. The molecule has 0 saturated carbocycles. The Kier molecular flexibility index (Phi) is 5.87. The van der Waals surface area contributed by atoms with Gasteiger partial charge in [0.15, 0.2) is 0 Å². The van der Waals surface area contributed by atoms with Crippen LogP contribution < -0.4 is 11.1 Å². The van der Waals surface area contributed by atoms with Gasteiger partial charge in [-0.2, -0.15) is 0 Å². The van der Waals surface area contributed by atoms with Crippen LogP contribution >= 0.6 is 0 Å². The van der Waals surface area contributed by atoms with Crippen molar-refractivity contribution in [3.05, 3.63) is 0 Å². The summed E-state index contributed by atoms with van der Waals surface area (Å²) in [4.78, 5) is 21.7. The fraction of sp³-hybridized carbons (Fsp3) is 0.778. The van der Waals surface area contributed by atoms with Crippen LogP contribution in [0.1, 0.15) is 26.7 Å². The lowest BCUT2D eigenvalue weighted by molar-refractivity contribution is -0.141. The molecule has 0 aliphatic heterocycles. The quantitative estimate of drug-likeness (QED) is 0.563. The second kappa shape index (κ2) is 6.37. The van der Waals surface area contributed by atoms with Crippen LogP contribution in [0.25, 0.3) is 0 Å². The predicted molar refractivity (Wildman–Crippen MR) is 52.7 cm³/mol. The lowest BCUT2D eigenvalue weighted by Gasteiger charge is -2.13. The third-order valence-corrected chi connectivity index (χ3v) is 2.13. The lowest BCUT2D eigenvalue weighted by Crippen LogP contribution is -2.39. The Hall–Kier alpha value is -1.10. The Morgan fingerprint density at radius 1 is 1.50 bits per heavy atom. The number of carboxylic acids is 1. The second-order valence-corrected chi connectivity index (χ2v) is 3.34. The third-order valence-electron chi connectivity index (χ3n) is 2.13. The molecule has 5 nitrogen and oxygen atoms in total. The highest BCUT2D eigenvalue weighted by Gasteiger charge is 2.16. The van der Waals surface area contributed by atoms with Gasteiger partial charge in [-0.25, -0.2) is 0 Å². The molecule has 0 heterocycles. The number of carbonyl (C=O) groups excluding carboxylic acids is 1. The van der Waals surface area contributed by atoms with Gasteiger partial charge in [-0.15, -0.1) is 0 Å². The van der Waals surface area contributed by atoms with Crippen molar-refractivity contribution in [2.45, 2.75) is 32.7 Å². The van der Waals surface area contributed by atoms with Crippen molar-refractivity contribution < 1.29 is 14.7 Å². The van der Waals surface area contributed by atoms with Crippen molar-refractivity contribution in [3.63, 3.8) is 0 Å². The molecule has 0 fully saturated rings. The number of amides is 1. The average Bonchev–Trinajstić information content (AvgIpc) is 2.13. The molecule has 1 amide bonds. The molecule has 0 aromatic rings. The summed E-state index contributed by atoms with van der Waals surface area (Å²) in [6, 6.07) is -0.835. The van der Waals surface area contributed by atoms with Gasteiger partial charge in [0.2, 0.25) is 5.91 Å². The van der Waals surface area contributed by atoms with Gasteiger partial charge in [-0.05, 0) is 19.4 Å². The van der Waals surface area contributed by atoms with Crippen LogP contribution in [0.15, 0.2) is 0 Å². The zero-order chi connectivity index (χ0) is 11.1. The van der Waals surface area contributed by atoms with Gasteiger partial charge in [-0.3, -0.25) is 9.59 Å². The topological polar surface area (TPSA) is 92.4 Å². The van der Waals surface area contributed by atoms with Crippen molar-refractivity contribution >= 4 is 11.9 Å². The van der Waals surface area contributed by atoms with Gasteiger partial charge in [0, 0.05) is 6.42 Å². The van der Waals surface area contributed by atoms with Gasteiger partial charge < -0.3 is 16.2 Å². The van der Waals surface area contributed by atoms with Crippen molar-refractivity contribution in [1.29, 1.82) is 0 Å². The minimum atomic E-state index is -1.03. The van der Waals surface area contributed by atoms with E-state index in [0.717, 1.165) is 6.42 Å². The Morgan fingerprint density at radius 2 is 2.07 bits per heavy atom. The normalized spacial score (nSPS) is 14.5. The second-order valence-electron chi connectivity index (χ2n) is 3.34. The summed E-state index contributed by atoms with van der Waals surface area (Å²) in [5.41, 5.74) is 5.43. The minimum absolute atomic E-state index is 0.135. The summed E-state index contributed by atoms with van der Waals surface area (Å²) in [5, 5.41) is 10.9. The summed E-state index contributed by atoms with van der Waals surface area (Å²) in [7, 11) is 0. The molecule has 1 unspecified atom stereocenters. The monoisotopic (exact) mass is 202 g/mol. The summed E-state index contributed by atoms with van der Waals surface area (Å²) in [6.45, 7) is 3.83. The lowest BCUT2D eigenvalue weighted by atomic mass is 10.0. The summed E-state index contributed by atoms with van der Waals surface area (Å²) >= 11 is 0. The molecule has 0 aromatic heterocycles. The first-order valence-corrected chi connectivity index (χ1v) is 4.73. The van der Waals surface area contributed by atoms with Crippen LogP contribution in [0.2, 0.25) is 0 Å². The molecule has 4 N–H and O–H groups in total. The maximum absolute atomic E-state index is 11.3. The molecule has 0 radical (unpaired) electrons. The molecule has 14 heavy (non-hydrogen) atoms. The number of aliphatic carboxylic acids is 1. The summed E-state index contributed by atoms with van der Waals surface area (Å²) in [5.74, 6) is -1.15. The smallest absolute Gasteiger partial charge is 0.325 e. The Labute approximate surface area is 83.7 Å². The molecular formula is C9H18N2O3. The largest absolute Gasteiger partial charge is 0.480 e. The van der Waals surface area contributed by atoms with Crippen molar-refractivity contribution in [1.82, 2.24) is 5.32 Å². The first-order chi connectivity index (χ1) is 6.51. The zero-order valence-corrected chi connectivity index (χ0v) is 8.62. The average molecular weight is 202 g/mol.